The van der Waals surface area contributed by atoms with E-state index >= 15 is 0 Å². The fourth-order valence-corrected chi connectivity index (χ4v) is 1.57. The molecule has 0 aromatic rings. The molecular formula is C11H25NO2. The monoisotopic (exact) mass is 203 g/mol. The predicted octanol–water partition coefficient (Wildman–Crippen LogP) is 2.29. The Kier molecular flexibility index (Phi) is 9.35. The van der Waals surface area contributed by atoms with Gasteiger partial charge in [0.25, 0.3) is 0 Å². The first-order chi connectivity index (χ1) is 6.76. The third-order valence-electron chi connectivity index (χ3n) is 2.46. The first-order valence-electron chi connectivity index (χ1n) is 5.57. The maximum atomic E-state index is 5.90. The van der Waals surface area contributed by atoms with Gasteiger partial charge in [-0.1, -0.05) is 39.0 Å². The van der Waals surface area contributed by atoms with Crippen molar-refractivity contribution in [2.75, 3.05) is 14.2 Å². The SMILES string of the molecule is CCCCCCCC(N)C(OC)OC. The van der Waals surface area contributed by atoms with Crippen LogP contribution in [-0.2, 0) is 9.47 Å². The van der Waals surface area contributed by atoms with E-state index in [0.29, 0.717) is 0 Å². The molecule has 1 unspecified atom stereocenters. The summed E-state index contributed by atoms with van der Waals surface area (Å²) in [6, 6.07) is 0.00614. The number of ether oxygens (including phenoxy) is 2. The van der Waals surface area contributed by atoms with Gasteiger partial charge in [-0.3, -0.25) is 0 Å². The van der Waals surface area contributed by atoms with Crippen molar-refractivity contribution in [3.05, 3.63) is 0 Å². The van der Waals surface area contributed by atoms with E-state index in [1.807, 2.05) is 0 Å². The quantitative estimate of drug-likeness (QED) is 0.462. The molecule has 0 rings (SSSR count). The minimum atomic E-state index is -0.249. The molecule has 3 nitrogen and oxygen atoms in total. The summed E-state index contributed by atoms with van der Waals surface area (Å²) in [5, 5.41) is 0. The second-order valence-electron chi connectivity index (χ2n) is 3.71. The summed E-state index contributed by atoms with van der Waals surface area (Å²) in [7, 11) is 3.26. The Labute approximate surface area is 88.0 Å². The molecule has 0 amide bonds. The Morgan fingerprint density at radius 2 is 1.57 bits per heavy atom. The number of methoxy groups -OCH3 is 2. The van der Waals surface area contributed by atoms with Crippen molar-refractivity contribution in [2.24, 2.45) is 5.73 Å². The molecular weight excluding hydrogens is 178 g/mol. The first kappa shape index (κ1) is 13.9. The molecule has 0 aliphatic carbocycles. The van der Waals surface area contributed by atoms with Gasteiger partial charge in [-0.25, -0.2) is 0 Å². The van der Waals surface area contributed by atoms with E-state index < -0.39 is 0 Å². The highest BCUT2D eigenvalue weighted by molar-refractivity contribution is 4.65. The van der Waals surface area contributed by atoms with Gasteiger partial charge in [0.2, 0.25) is 0 Å². The molecule has 0 fully saturated rings. The van der Waals surface area contributed by atoms with Crippen LogP contribution in [0.3, 0.4) is 0 Å². The molecule has 0 aromatic carbocycles. The third kappa shape index (κ3) is 6.35. The molecule has 0 spiro atoms. The zero-order chi connectivity index (χ0) is 10.8. The average Bonchev–Trinajstić information content (AvgIpc) is 2.19. The van der Waals surface area contributed by atoms with Crippen LogP contribution in [0.2, 0.25) is 0 Å². The van der Waals surface area contributed by atoms with E-state index in [1.165, 1.54) is 32.1 Å². The van der Waals surface area contributed by atoms with E-state index in [1.54, 1.807) is 14.2 Å². The summed E-state index contributed by atoms with van der Waals surface area (Å²) < 4.78 is 10.2. The molecule has 0 bridgehead atoms. The lowest BCUT2D eigenvalue weighted by atomic mass is 10.1. The number of hydrogen-bond acceptors (Lipinski definition) is 3. The Morgan fingerprint density at radius 1 is 1.00 bits per heavy atom. The predicted molar refractivity (Wildman–Crippen MR) is 59.2 cm³/mol. The number of rotatable bonds is 9. The van der Waals surface area contributed by atoms with Gasteiger partial charge in [0.15, 0.2) is 6.29 Å². The number of hydrogen-bond donors (Lipinski definition) is 1. The fourth-order valence-electron chi connectivity index (χ4n) is 1.57. The van der Waals surface area contributed by atoms with Crippen LogP contribution in [0.5, 0.6) is 0 Å². The Hall–Kier alpha value is -0.120. The van der Waals surface area contributed by atoms with Gasteiger partial charge < -0.3 is 15.2 Å². The van der Waals surface area contributed by atoms with Gasteiger partial charge in [-0.05, 0) is 6.42 Å². The van der Waals surface area contributed by atoms with Crippen LogP contribution < -0.4 is 5.73 Å². The van der Waals surface area contributed by atoms with E-state index in [0.717, 1.165) is 6.42 Å². The first-order valence-corrected chi connectivity index (χ1v) is 5.57. The molecule has 2 N–H and O–H groups in total. The molecule has 0 saturated heterocycles. The maximum Gasteiger partial charge on any atom is 0.171 e. The Bertz CT molecular complexity index is 116. The largest absolute Gasteiger partial charge is 0.354 e. The third-order valence-corrected chi connectivity index (χ3v) is 2.46. The summed E-state index contributed by atoms with van der Waals surface area (Å²) in [6.07, 6.45) is 7.09. The topological polar surface area (TPSA) is 44.5 Å². The molecule has 86 valence electrons. The Morgan fingerprint density at radius 3 is 2.07 bits per heavy atom. The second kappa shape index (κ2) is 9.44. The number of nitrogens with two attached hydrogens (primary N) is 1. The summed E-state index contributed by atoms with van der Waals surface area (Å²) in [5.41, 5.74) is 5.90. The van der Waals surface area contributed by atoms with Crippen LogP contribution in [-0.4, -0.2) is 26.6 Å². The van der Waals surface area contributed by atoms with Crippen molar-refractivity contribution >= 4 is 0 Å². The van der Waals surface area contributed by atoms with Gasteiger partial charge in [0, 0.05) is 14.2 Å². The zero-order valence-electron chi connectivity index (χ0n) is 9.79. The number of unbranched alkanes of at least 4 members (excludes halogenated alkanes) is 4. The van der Waals surface area contributed by atoms with Crippen molar-refractivity contribution in [1.82, 2.24) is 0 Å². The van der Waals surface area contributed by atoms with Gasteiger partial charge in [-0.2, -0.15) is 0 Å². The summed E-state index contributed by atoms with van der Waals surface area (Å²) in [4.78, 5) is 0. The minimum Gasteiger partial charge on any atom is -0.354 e. The zero-order valence-corrected chi connectivity index (χ0v) is 9.79. The van der Waals surface area contributed by atoms with Crippen molar-refractivity contribution < 1.29 is 9.47 Å². The highest BCUT2D eigenvalue weighted by Gasteiger charge is 2.15. The van der Waals surface area contributed by atoms with Crippen LogP contribution in [0.15, 0.2) is 0 Å². The van der Waals surface area contributed by atoms with Crippen LogP contribution in [0, 0.1) is 0 Å². The van der Waals surface area contributed by atoms with E-state index in [2.05, 4.69) is 6.92 Å². The summed E-state index contributed by atoms with van der Waals surface area (Å²) in [5.74, 6) is 0. The van der Waals surface area contributed by atoms with E-state index in [-0.39, 0.29) is 12.3 Å². The molecule has 1 atom stereocenters. The molecule has 0 radical (unpaired) electrons. The van der Waals surface area contributed by atoms with Crippen LogP contribution in [0.4, 0.5) is 0 Å². The van der Waals surface area contributed by atoms with Crippen molar-refractivity contribution in [1.29, 1.82) is 0 Å². The van der Waals surface area contributed by atoms with E-state index in [9.17, 15) is 0 Å². The summed E-state index contributed by atoms with van der Waals surface area (Å²) >= 11 is 0. The normalized spacial score (nSPS) is 13.5. The Balaban J connectivity index is 3.37. The molecule has 14 heavy (non-hydrogen) atoms. The smallest absolute Gasteiger partial charge is 0.171 e. The molecule has 0 aromatic heterocycles. The van der Waals surface area contributed by atoms with Crippen molar-refractivity contribution in [2.45, 2.75) is 57.8 Å². The lowest BCUT2D eigenvalue weighted by molar-refractivity contribution is -0.117. The molecule has 3 heteroatoms. The average molecular weight is 203 g/mol. The van der Waals surface area contributed by atoms with Crippen LogP contribution in [0.25, 0.3) is 0 Å². The highest BCUT2D eigenvalue weighted by atomic mass is 16.7. The molecule has 0 aliphatic heterocycles. The van der Waals surface area contributed by atoms with Crippen LogP contribution >= 0.6 is 0 Å². The summed E-state index contributed by atoms with van der Waals surface area (Å²) in [6.45, 7) is 2.22. The fraction of sp³-hybridized carbons (Fsp3) is 1.00. The van der Waals surface area contributed by atoms with Crippen molar-refractivity contribution in [3.8, 4) is 0 Å². The maximum absolute atomic E-state index is 5.90. The standard InChI is InChI=1S/C11H25NO2/c1-4-5-6-7-8-9-10(12)11(13-2)14-3/h10-11H,4-9,12H2,1-3H3. The van der Waals surface area contributed by atoms with Gasteiger partial charge in [-0.15, -0.1) is 0 Å². The van der Waals surface area contributed by atoms with E-state index in [4.69, 9.17) is 15.2 Å². The van der Waals surface area contributed by atoms with Gasteiger partial charge in [0.05, 0.1) is 6.04 Å². The lowest BCUT2D eigenvalue weighted by Gasteiger charge is -2.20. The van der Waals surface area contributed by atoms with Gasteiger partial charge in [0.1, 0.15) is 0 Å². The minimum absolute atomic E-state index is 0.00614. The lowest BCUT2D eigenvalue weighted by Crippen LogP contribution is -2.37. The molecule has 0 heterocycles. The van der Waals surface area contributed by atoms with Crippen molar-refractivity contribution in [3.63, 3.8) is 0 Å². The molecule has 0 saturated carbocycles. The second-order valence-corrected chi connectivity index (χ2v) is 3.71. The highest BCUT2D eigenvalue weighted by Crippen LogP contribution is 2.09. The molecule has 0 aliphatic rings. The van der Waals surface area contributed by atoms with Gasteiger partial charge >= 0.3 is 0 Å². The van der Waals surface area contributed by atoms with Crippen LogP contribution in [0.1, 0.15) is 45.4 Å².